The summed E-state index contributed by atoms with van der Waals surface area (Å²) in [6.45, 7) is 3.16. The van der Waals surface area contributed by atoms with Gasteiger partial charge in [-0.2, -0.15) is 0 Å². The first-order valence-corrected chi connectivity index (χ1v) is 13.9. The number of nitrogens with one attached hydrogen (secondary N) is 1. The maximum Gasteiger partial charge on any atom is 0.256 e. The van der Waals surface area contributed by atoms with Crippen molar-refractivity contribution in [2.24, 2.45) is 16.8 Å². The second kappa shape index (κ2) is 10.4. The second-order valence-corrected chi connectivity index (χ2v) is 10.9. The minimum absolute atomic E-state index is 0.0143. The molecule has 0 bridgehead atoms. The molecule has 7 rings (SSSR count). The van der Waals surface area contributed by atoms with Crippen molar-refractivity contribution in [3.05, 3.63) is 53.9 Å². The third kappa shape index (κ3) is 4.77. The number of hydrogen-bond donors (Lipinski definition) is 1. The van der Waals surface area contributed by atoms with Gasteiger partial charge in [-0.05, 0) is 55.5 Å². The number of morpholine rings is 1. The Hall–Kier alpha value is -3.70. The Morgan fingerprint density at radius 3 is 2.52 bits per heavy atom. The lowest BCUT2D eigenvalue weighted by Crippen LogP contribution is -2.41. The zero-order valence-corrected chi connectivity index (χ0v) is 22.0. The summed E-state index contributed by atoms with van der Waals surface area (Å²) in [6, 6.07) is 7.17. The Morgan fingerprint density at radius 1 is 0.975 bits per heavy atom. The molecule has 4 heterocycles. The van der Waals surface area contributed by atoms with Crippen LogP contribution in [0, 0.1) is 23.5 Å². The van der Waals surface area contributed by atoms with E-state index in [9.17, 15) is 9.18 Å². The van der Waals surface area contributed by atoms with Crippen molar-refractivity contribution >= 4 is 28.5 Å². The van der Waals surface area contributed by atoms with Crippen LogP contribution in [0.25, 0.3) is 22.0 Å². The Bertz CT molecular complexity index is 1480. The molecule has 0 radical (unpaired) electrons. The van der Waals surface area contributed by atoms with Crippen molar-refractivity contribution in [1.29, 1.82) is 0 Å². The molecule has 0 spiro atoms. The minimum Gasteiger partial charge on any atom is -0.378 e. The number of piperidine rings is 1. The molecule has 3 aliphatic heterocycles. The molecule has 1 atom stereocenters. The van der Waals surface area contributed by atoms with E-state index in [1.165, 1.54) is 43.4 Å². The van der Waals surface area contributed by atoms with Crippen LogP contribution in [0.4, 0.5) is 14.6 Å². The van der Waals surface area contributed by atoms with Crippen molar-refractivity contribution in [2.45, 2.75) is 31.9 Å². The largest absolute Gasteiger partial charge is 0.378 e. The molecule has 3 fully saturated rings. The lowest BCUT2D eigenvalue weighted by Gasteiger charge is -2.34. The van der Waals surface area contributed by atoms with E-state index >= 15 is 4.39 Å². The molecule has 2 aromatic carbocycles. The van der Waals surface area contributed by atoms with Crippen molar-refractivity contribution < 1.29 is 23.1 Å². The molecule has 1 aliphatic carbocycles. The molecule has 1 saturated carbocycles. The van der Waals surface area contributed by atoms with Gasteiger partial charge in [-0.25, -0.2) is 28.6 Å². The average Bonchev–Trinajstić information content (AvgIpc) is 3.72. The Kier molecular flexibility index (Phi) is 6.55. The van der Waals surface area contributed by atoms with Crippen molar-refractivity contribution in [3.8, 4) is 11.1 Å². The predicted molar refractivity (Wildman–Crippen MR) is 145 cm³/mol. The number of carbonyl (C=O) groups excluding carboxylic acids is 1. The number of nitrogens with zero attached hydrogens (tertiary/aromatic N) is 5. The summed E-state index contributed by atoms with van der Waals surface area (Å²) in [4.78, 5) is 36.1. The van der Waals surface area contributed by atoms with Gasteiger partial charge < -0.3 is 14.5 Å². The van der Waals surface area contributed by atoms with Gasteiger partial charge in [-0.3, -0.25) is 10.3 Å². The maximum atomic E-state index is 15.2. The molecule has 40 heavy (non-hydrogen) atoms. The normalized spacial score (nSPS) is 21.9. The zero-order valence-electron chi connectivity index (χ0n) is 22.0. The molecule has 1 unspecified atom stereocenters. The standard InChI is InChI=1S/C29H30F2N6O3/c30-20-14-22(19-3-4-21(24(31)13-19)29(38)37-9-11-39-12-10-37)25-23(15-20)27(33-16-32-25)36-7-5-18(6-8-36)28-34-26(35-40-28)17-1-2-17/h3-4,13-18,28H,1-2,5-12H2,(H,34,35). The summed E-state index contributed by atoms with van der Waals surface area (Å²) < 4.78 is 35.5. The van der Waals surface area contributed by atoms with Crippen LogP contribution in [-0.2, 0) is 9.57 Å². The van der Waals surface area contributed by atoms with Gasteiger partial charge in [-0.15, -0.1) is 0 Å². The van der Waals surface area contributed by atoms with E-state index in [1.807, 2.05) is 0 Å². The summed E-state index contributed by atoms with van der Waals surface area (Å²) in [5.41, 5.74) is 4.42. The van der Waals surface area contributed by atoms with Gasteiger partial charge in [0.2, 0.25) is 0 Å². The molecule has 208 valence electrons. The third-order valence-corrected chi connectivity index (χ3v) is 8.25. The highest BCUT2D eigenvalue weighted by molar-refractivity contribution is 6.00. The number of anilines is 1. The average molecular weight is 549 g/mol. The van der Waals surface area contributed by atoms with Crippen LogP contribution in [0.3, 0.4) is 0 Å². The fourth-order valence-corrected chi connectivity index (χ4v) is 5.84. The van der Waals surface area contributed by atoms with Gasteiger partial charge in [0.15, 0.2) is 6.23 Å². The topological polar surface area (TPSA) is 92.2 Å². The number of carbonyl (C=O) groups is 1. The van der Waals surface area contributed by atoms with Gasteiger partial charge in [0.1, 0.15) is 29.6 Å². The van der Waals surface area contributed by atoms with E-state index in [-0.39, 0.29) is 17.7 Å². The highest BCUT2D eigenvalue weighted by atomic mass is 19.1. The van der Waals surface area contributed by atoms with E-state index in [0.29, 0.717) is 66.0 Å². The first-order chi connectivity index (χ1) is 19.5. The monoisotopic (exact) mass is 548 g/mol. The summed E-state index contributed by atoms with van der Waals surface area (Å²) in [7, 11) is 0. The van der Waals surface area contributed by atoms with E-state index in [2.05, 4.69) is 20.3 Å². The number of amidine groups is 1. The van der Waals surface area contributed by atoms with Gasteiger partial charge >= 0.3 is 0 Å². The second-order valence-electron chi connectivity index (χ2n) is 10.9. The number of amides is 1. The first-order valence-electron chi connectivity index (χ1n) is 13.9. The predicted octanol–water partition coefficient (Wildman–Crippen LogP) is 3.93. The molecule has 1 N–H and O–H groups in total. The van der Waals surface area contributed by atoms with Crippen LogP contribution in [0.5, 0.6) is 0 Å². The van der Waals surface area contributed by atoms with Crippen LogP contribution in [0.1, 0.15) is 36.0 Å². The smallest absolute Gasteiger partial charge is 0.256 e. The van der Waals surface area contributed by atoms with Crippen molar-refractivity contribution in [2.75, 3.05) is 44.3 Å². The molecule has 3 aromatic rings. The van der Waals surface area contributed by atoms with Crippen LogP contribution >= 0.6 is 0 Å². The lowest BCUT2D eigenvalue weighted by atomic mass is 9.94. The number of aromatic nitrogens is 2. The number of benzene rings is 2. The number of hydrogen-bond acceptors (Lipinski definition) is 8. The van der Waals surface area contributed by atoms with Crippen LogP contribution < -0.4 is 10.4 Å². The summed E-state index contributed by atoms with van der Waals surface area (Å²) >= 11 is 0. The minimum atomic E-state index is -0.654. The highest BCUT2D eigenvalue weighted by Crippen LogP contribution is 2.37. The van der Waals surface area contributed by atoms with Crippen LogP contribution in [0.15, 0.2) is 41.7 Å². The molecular weight excluding hydrogens is 518 g/mol. The molecule has 11 heteroatoms. The van der Waals surface area contributed by atoms with E-state index < -0.39 is 11.6 Å². The Morgan fingerprint density at radius 2 is 1.77 bits per heavy atom. The molecule has 2 saturated heterocycles. The third-order valence-electron chi connectivity index (χ3n) is 8.25. The van der Waals surface area contributed by atoms with Gasteiger partial charge in [0.25, 0.3) is 5.91 Å². The lowest BCUT2D eigenvalue weighted by molar-refractivity contribution is -0.00606. The van der Waals surface area contributed by atoms with Gasteiger partial charge in [0.05, 0.1) is 24.3 Å². The Labute approximate surface area is 230 Å². The molecule has 1 aromatic heterocycles. The SMILES string of the molecule is O=C(c1ccc(-c2cc(F)cc3c(N4CCC(C5N=C(C6CC6)NO5)CC4)ncnc23)cc1F)N1CCOCC1. The number of rotatable bonds is 5. The number of halogens is 2. The Balaban J connectivity index is 1.14. The van der Waals surface area contributed by atoms with E-state index in [4.69, 9.17) is 14.6 Å². The quantitative estimate of drug-likeness (QED) is 0.517. The summed E-state index contributed by atoms with van der Waals surface area (Å²) in [6.07, 6.45) is 5.37. The first kappa shape index (κ1) is 25.3. The molecule has 9 nitrogen and oxygen atoms in total. The molecule has 1 amide bonds. The van der Waals surface area contributed by atoms with Crippen LogP contribution in [0.2, 0.25) is 0 Å². The number of fused-ring (bicyclic) bond motifs is 1. The van der Waals surface area contributed by atoms with E-state index in [1.54, 1.807) is 11.0 Å². The van der Waals surface area contributed by atoms with Crippen molar-refractivity contribution in [1.82, 2.24) is 20.3 Å². The van der Waals surface area contributed by atoms with Crippen LogP contribution in [-0.4, -0.2) is 72.2 Å². The number of hydroxylamine groups is 1. The number of aliphatic imine (C=N–C) groups is 1. The maximum absolute atomic E-state index is 15.2. The highest BCUT2D eigenvalue weighted by Gasteiger charge is 2.36. The fourth-order valence-electron chi connectivity index (χ4n) is 5.84. The van der Waals surface area contributed by atoms with Gasteiger partial charge in [0, 0.05) is 49.0 Å². The number of ether oxygens (including phenoxy) is 1. The van der Waals surface area contributed by atoms with E-state index in [0.717, 1.165) is 31.8 Å². The van der Waals surface area contributed by atoms with Gasteiger partial charge in [-0.1, -0.05) is 6.07 Å². The fraction of sp³-hybridized carbons (Fsp3) is 0.448. The summed E-state index contributed by atoms with van der Waals surface area (Å²) in [5, 5.41) is 0.567. The molecule has 4 aliphatic rings. The van der Waals surface area contributed by atoms with Crippen molar-refractivity contribution in [3.63, 3.8) is 0 Å². The molecular formula is C29H30F2N6O3. The zero-order chi connectivity index (χ0) is 27.2. The summed E-state index contributed by atoms with van der Waals surface area (Å²) in [5.74, 6) is 0.952.